The van der Waals surface area contributed by atoms with E-state index in [-0.39, 0.29) is 17.3 Å². The Morgan fingerprint density at radius 3 is 2.17 bits per heavy atom. The summed E-state index contributed by atoms with van der Waals surface area (Å²) in [5.74, 6) is -1.12. The molecule has 4 nitrogen and oxygen atoms in total. The molecule has 0 radical (unpaired) electrons. The lowest BCUT2D eigenvalue weighted by Gasteiger charge is -2.04. The van der Waals surface area contributed by atoms with Gasteiger partial charge in [-0.05, 0) is 61.5 Å². The number of aromatic nitrogens is 2. The molecule has 3 rings (SSSR count). The van der Waals surface area contributed by atoms with Crippen LogP contribution in [0.1, 0.15) is 16.2 Å². The third-order valence-corrected chi connectivity index (χ3v) is 3.29. The third-order valence-electron chi connectivity index (χ3n) is 3.29. The van der Waals surface area contributed by atoms with E-state index in [1.807, 2.05) is 0 Å². The number of anilines is 1. The topological polar surface area (TPSA) is 46.9 Å². The maximum absolute atomic E-state index is 13.0. The molecule has 0 aliphatic carbocycles. The monoisotopic (exact) mass is 313 g/mol. The molecule has 0 saturated heterocycles. The first-order chi connectivity index (χ1) is 11.0. The fraction of sp³-hybridized carbons (Fsp3) is 0.0588. The summed E-state index contributed by atoms with van der Waals surface area (Å²) in [6.07, 6.45) is 0. The molecule has 0 atom stereocenters. The van der Waals surface area contributed by atoms with E-state index in [1.54, 1.807) is 29.8 Å². The van der Waals surface area contributed by atoms with Crippen molar-refractivity contribution in [2.75, 3.05) is 5.32 Å². The van der Waals surface area contributed by atoms with E-state index in [9.17, 15) is 13.6 Å². The van der Waals surface area contributed by atoms with Crippen molar-refractivity contribution in [1.29, 1.82) is 0 Å². The molecule has 116 valence electrons. The molecule has 0 fully saturated rings. The van der Waals surface area contributed by atoms with Crippen molar-refractivity contribution in [3.63, 3.8) is 0 Å². The lowest BCUT2D eigenvalue weighted by molar-refractivity contribution is 0.102. The van der Waals surface area contributed by atoms with E-state index in [1.165, 1.54) is 36.4 Å². The number of amides is 1. The number of hydrogen-bond acceptors (Lipinski definition) is 2. The van der Waals surface area contributed by atoms with Gasteiger partial charge in [-0.15, -0.1) is 0 Å². The first kappa shape index (κ1) is 14.9. The van der Waals surface area contributed by atoms with E-state index in [4.69, 9.17) is 0 Å². The van der Waals surface area contributed by atoms with E-state index >= 15 is 0 Å². The van der Waals surface area contributed by atoms with E-state index in [0.29, 0.717) is 11.4 Å². The second-order valence-electron chi connectivity index (χ2n) is 5.02. The largest absolute Gasteiger partial charge is 0.321 e. The second-order valence-corrected chi connectivity index (χ2v) is 5.02. The fourth-order valence-electron chi connectivity index (χ4n) is 2.16. The molecule has 1 amide bonds. The number of carbonyl (C=O) groups excluding carboxylic acids is 1. The minimum absolute atomic E-state index is 0.219. The van der Waals surface area contributed by atoms with Gasteiger partial charge < -0.3 is 5.32 Å². The lowest BCUT2D eigenvalue weighted by atomic mass is 10.3. The average Bonchev–Trinajstić information content (AvgIpc) is 2.92. The maximum atomic E-state index is 13.0. The minimum atomic E-state index is -0.402. The number of benzene rings is 2. The summed E-state index contributed by atoms with van der Waals surface area (Å²) < 4.78 is 27.4. The van der Waals surface area contributed by atoms with Gasteiger partial charge in [-0.2, -0.15) is 5.10 Å². The van der Waals surface area contributed by atoms with Crippen LogP contribution >= 0.6 is 0 Å². The van der Waals surface area contributed by atoms with Crippen molar-refractivity contribution in [2.24, 2.45) is 0 Å². The molecule has 23 heavy (non-hydrogen) atoms. The minimum Gasteiger partial charge on any atom is -0.321 e. The van der Waals surface area contributed by atoms with Crippen molar-refractivity contribution < 1.29 is 13.6 Å². The highest BCUT2D eigenvalue weighted by atomic mass is 19.1. The van der Waals surface area contributed by atoms with Gasteiger partial charge in [0.25, 0.3) is 5.91 Å². The Balaban J connectivity index is 1.83. The van der Waals surface area contributed by atoms with Gasteiger partial charge in [-0.25, -0.2) is 13.5 Å². The molecule has 2 aromatic carbocycles. The first-order valence-corrected chi connectivity index (χ1v) is 6.92. The highest BCUT2D eigenvalue weighted by Gasteiger charge is 2.13. The summed E-state index contributed by atoms with van der Waals surface area (Å²) >= 11 is 0. The first-order valence-electron chi connectivity index (χ1n) is 6.92. The number of aryl methyl sites for hydroxylation is 1. The Bertz CT molecular complexity index is 839. The number of nitrogens with one attached hydrogen (secondary N) is 1. The van der Waals surface area contributed by atoms with Crippen molar-refractivity contribution >= 4 is 11.6 Å². The van der Waals surface area contributed by atoms with Gasteiger partial charge in [0.15, 0.2) is 5.69 Å². The molecule has 0 spiro atoms. The maximum Gasteiger partial charge on any atom is 0.276 e. The highest BCUT2D eigenvalue weighted by molar-refractivity contribution is 6.02. The summed E-state index contributed by atoms with van der Waals surface area (Å²) in [6, 6.07) is 12.9. The Morgan fingerprint density at radius 1 is 1.00 bits per heavy atom. The van der Waals surface area contributed by atoms with Crippen LogP contribution in [0.2, 0.25) is 0 Å². The predicted octanol–water partition coefficient (Wildman–Crippen LogP) is 3.71. The molecule has 0 saturated carbocycles. The summed E-state index contributed by atoms with van der Waals surface area (Å²) in [5.41, 5.74) is 2.09. The molecule has 6 heteroatoms. The molecule has 3 aromatic rings. The van der Waals surface area contributed by atoms with Crippen LogP contribution in [-0.4, -0.2) is 15.7 Å². The predicted molar refractivity (Wildman–Crippen MR) is 82.6 cm³/mol. The van der Waals surface area contributed by atoms with Crippen LogP contribution in [-0.2, 0) is 0 Å². The zero-order valence-corrected chi connectivity index (χ0v) is 12.3. The van der Waals surface area contributed by atoms with Crippen molar-refractivity contribution in [2.45, 2.75) is 6.92 Å². The molecule has 0 unspecified atom stereocenters. The van der Waals surface area contributed by atoms with Gasteiger partial charge in [-0.1, -0.05) is 0 Å². The van der Waals surface area contributed by atoms with Crippen LogP contribution in [0, 0.1) is 18.6 Å². The molecular formula is C17H13F2N3O. The average molecular weight is 313 g/mol. The van der Waals surface area contributed by atoms with Crippen LogP contribution in [0.4, 0.5) is 14.5 Å². The van der Waals surface area contributed by atoms with Gasteiger partial charge >= 0.3 is 0 Å². The number of halogens is 2. The van der Waals surface area contributed by atoms with Crippen LogP contribution in [0.25, 0.3) is 5.69 Å². The SMILES string of the molecule is Cc1cc(C(=O)Nc2ccc(F)cc2)nn1-c1ccc(F)cc1. The second kappa shape index (κ2) is 6.00. The summed E-state index contributed by atoms with van der Waals surface area (Å²) in [7, 11) is 0. The Kier molecular flexibility index (Phi) is 3.89. The molecule has 0 bridgehead atoms. The van der Waals surface area contributed by atoms with E-state index < -0.39 is 5.91 Å². The molecule has 1 aromatic heterocycles. The Labute approximate surface area is 131 Å². The quantitative estimate of drug-likeness (QED) is 0.801. The fourth-order valence-corrected chi connectivity index (χ4v) is 2.16. The standard InChI is InChI=1S/C17H13F2N3O/c1-11-10-16(17(23)20-14-6-2-12(18)3-7-14)21-22(11)15-8-4-13(19)5-9-15/h2-10H,1H3,(H,20,23). The summed E-state index contributed by atoms with van der Waals surface area (Å²) in [5, 5.41) is 6.88. The molecule has 0 aliphatic rings. The van der Waals surface area contributed by atoms with Crippen LogP contribution < -0.4 is 5.32 Å². The molecule has 1 heterocycles. The van der Waals surface area contributed by atoms with Gasteiger partial charge in [0.1, 0.15) is 11.6 Å². The number of hydrogen-bond donors (Lipinski definition) is 1. The highest BCUT2D eigenvalue weighted by Crippen LogP contribution is 2.15. The summed E-state index contributed by atoms with van der Waals surface area (Å²) in [6.45, 7) is 1.80. The zero-order chi connectivity index (χ0) is 16.4. The number of nitrogens with zero attached hydrogens (tertiary/aromatic N) is 2. The normalized spacial score (nSPS) is 10.6. The van der Waals surface area contributed by atoms with Crippen molar-refractivity contribution in [3.05, 3.63) is 77.6 Å². The third kappa shape index (κ3) is 3.26. The van der Waals surface area contributed by atoms with Crippen molar-refractivity contribution in [1.82, 2.24) is 9.78 Å². The lowest BCUT2D eigenvalue weighted by Crippen LogP contribution is -2.13. The molecule has 0 aliphatic heterocycles. The Morgan fingerprint density at radius 2 is 1.57 bits per heavy atom. The van der Waals surface area contributed by atoms with Gasteiger partial charge in [0.2, 0.25) is 0 Å². The van der Waals surface area contributed by atoms with Crippen LogP contribution in [0.3, 0.4) is 0 Å². The number of rotatable bonds is 3. The molecule has 1 N–H and O–H groups in total. The zero-order valence-electron chi connectivity index (χ0n) is 12.3. The van der Waals surface area contributed by atoms with Gasteiger partial charge in [-0.3, -0.25) is 4.79 Å². The smallest absolute Gasteiger partial charge is 0.276 e. The van der Waals surface area contributed by atoms with Crippen LogP contribution in [0.15, 0.2) is 54.6 Å². The van der Waals surface area contributed by atoms with Crippen LogP contribution in [0.5, 0.6) is 0 Å². The van der Waals surface area contributed by atoms with Crippen molar-refractivity contribution in [3.8, 4) is 5.69 Å². The van der Waals surface area contributed by atoms with E-state index in [0.717, 1.165) is 5.69 Å². The Hall–Kier alpha value is -3.02. The summed E-state index contributed by atoms with van der Waals surface area (Å²) in [4.78, 5) is 12.2. The van der Waals surface area contributed by atoms with E-state index in [2.05, 4.69) is 10.4 Å². The number of carbonyl (C=O) groups is 1. The van der Waals surface area contributed by atoms with Gasteiger partial charge in [0, 0.05) is 11.4 Å². The van der Waals surface area contributed by atoms with Gasteiger partial charge in [0.05, 0.1) is 5.69 Å². The molecular weight excluding hydrogens is 300 g/mol.